The van der Waals surface area contributed by atoms with Crippen molar-refractivity contribution in [3.8, 4) is 6.07 Å². The van der Waals surface area contributed by atoms with Gasteiger partial charge in [0, 0.05) is 11.8 Å². The Morgan fingerprint density at radius 3 is 2.33 bits per heavy atom. The SMILES string of the molecule is COC(=O)c1ccc(Nc2cc(N)c(C#N)c(C(=O)OC)n2)cc1. The van der Waals surface area contributed by atoms with E-state index in [1.165, 1.54) is 20.3 Å². The first-order valence-corrected chi connectivity index (χ1v) is 6.74. The fraction of sp³-hybridized carbons (Fsp3) is 0.125. The highest BCUT2D eigenvalue weighted by atomic mass is 16.5. The average Bonchev–Trinajstić information content (AvgIpc) is 2.60. The van der Waals surface area contributed by atoms with E-state index in [1.54, 1.807) is 24.3 Å². The Morgan fingerprint density at radius 1 is 1.17 bits per heavy atom. The van der Waals surface area contributed by atoms with Crippen LogP contribution in [-0.4, -0.2) is 31.1 Å². The van der Waals surface area contributed by atoms with Crippen LogP contribution >= 0.6 is 0 Å². The molecule has 8 heteroatoms. The number of anilines is 3. The minimum absolute atomic E-state index is 0.0477. The van der Waals surface area contributed by atoms with Crippen LogP contribution in [0.15, 0.2) is 30.3 Å². The number of ether oxygens (including phenoxy) is 2. The second-order valence-electron chi connectivity index (χ2n) is 4.62. The van der Waals surface area contributed by atoms with E-state index in [2.05, 4.69) is 19.8 Å². The number of nitriles is 1. The van der Waals surface area contributed by atoms with Crippen LogP contribution < -0.4 is 11.1 Å². The van der Waals surface area contributed by atoms with Gasteiger partial charge < -0.3 is 20.5 Å². The van der Waals surface area contributed by atoms with E-state index < -0.39 is 11.9 Å². The van der Waals surface area contributed by atoms with Crippen molar-refractivity contribution in [2.75, 3.05) is 25.3 Å². The lowest BCUT2D eigenvalue weighted by Gasteiger charge is -2.10. The number of benzene rings is 1. The van der Waals surface area contributed by atoms with E-state index in [-0.39, 0.29) is 22.8 Å². The van der Waals surface area contributed by atoms with Gasteiger partial charge in [-0.2, -0.15) is 5.26 Å². The van der Waals surface area contributed by atoms with Crippen molar-refractivity contribution in [1.29, 1.82) is 5.26 Å². The van der Waals surface area contributed by atoms with Gasteiger partial charge in [-0.15, -0.1) is 0 Å². The fourth-order valence-corrected chi connectivity index (χ4v) is 1.95. The summed E-state index contributed by atoms with van der Waals surface area (Å²) in [4.78, 5) is 27.2. The molecule has 0 fully saturated rings. The van der Waals surface area contributed by atoms with Gasteiger partial charge in [-0.05, 0) is 24.3 Å². The number of esters is 2. The molecular weight excluding hydrogens is 312 g/mol. The third-order valence-electron chi connectivity index (χ3n) is 3.12. The number of pyridine rings is 1. The summed E-state index contributed by atoms with van der Waals surface area (Å²) in [6.07, 6.45) is 0. The number of nitrogens with two attached hydrogens (primary N) is 1. The summed E-state index contributed by atoms with van der Waals surface area (Å²) in [5, 5.41) is 12.0. The topological polar surface area (TPSA) is 127 Å². The molecule has 0 aliphatic carbocycles. The molecule has 1 heterocycles. The number of aromatic nitrogens is 1. The molecule has 0 saturated carbocycles. The largest absolute Gasteiger partial charge is 0.465 e. The zero-order valence-electron chi connectivity index (χ0n) is 13.0. The van der Waals surface area contributed by atoms with Crippen molar-refractivity contribution in [2.45, 2.75) is 0 Å². The quantitative estimate of drug-likeness (QED) is 0.815. The molecule has 0 aliphatic heterocycles. The lowest BCUT2D eigenvalue weighted by atomic mass is 10.1. The van der Waals surface area contributed by atoms with Crippen molar-refractivity contribution in [3.05, 3.63) is 47.2 Å². The monoisotopic (exact) mass is 326 g/mol. The first-order valence-electron chi connectivity index (χ1n) is 6.74. The molecule has 0 spiro atoms. The Hall–Kier alpha value is -3.60. The maximum atomic E-state index is 11.7. The van der Waals surface area contributed by atoms with Gasteiger partial charge in [-0.25, -0.2) is 14.6 Å². The van der Waals surface area contributed by atoms with E-state index in [4.69, 9.17) is 11.0 Å². The standard InChI is InChI=1S/C16H14N4O4/c1-23-15(21)9-3-5-10(6-4-9)19-13-7-12(18)11(8-17)14(20-13)16(22)24-2/h3-7H,1-2H3,(H3,18,19,20). The molecule has 0 atom stereocenters. The molecule has 0 amide bonds. The number of nitrogens with zero attached hydrogens (tertiary/aromatic N) is 2. The van der Waals surface area contributed by atoms with E-state index in [9.17, 15) is 9.59 Å². The Labute approximate surface area is 137 Å². The number of methoxy groups -OCH3 is 2. The molecule has 24 heavy (non-hydrogen) atoms. The molecule has 8 nitrogen and oxygen atoms in total. The van der Waals surface area contributed by atoms with Crippen LogP contribution in [0.5, 0.6) is 0 Å². The summed E-state index contributed by atoms with van der Waals surface area (Å²) < 4.78 is 9.23. The van der Waals surface area contributed by atoms with Crippen molar-refractivity contribution < 1.29 is 19.1 Å². The highest BCUT2D eigenvalue weighted by Crippen LogP contribution is 2.23. The van der Waals surface area contributed by atoms with Crippen LogP contribution in [-0.2, 0) is 9.47 Å². The first-order chi connectivity index (χ1) is 11.5. The second kappa shape index (κ2) is 7.11. The summed E-state index contributed by atoms with van der Waals surface area (Å²) in [7, 11) is 2.49. The third kappa shape index (κ3) is 3.41. The molecular formula is C16H14N4O4. The Bertz CT molecular complexity index is 825. The minimum atomic E-state index is -0.761. The van der Waals surface area contributed by atoms with Crippen LogP contribution in [0.1, 0.15) is 26.4 Å². The second-order valence-corrected chi connectivity index (χ2v) is 4.62. The van der Waals surface area contributed by atoms with Gasteiger partial charge in [0.25, 0.3) is 0 Å². The van der Waals surface area contributed by atoms with Crippen LogP contribution in [0.3, 0.4) is 0 Å². The molecule has 1 aromatic carbocycles. The van der Waals surface area contributed by atoms with Crippen LogP contribution in [0.25, 0.3) is 0 Å². The summed E-state index contributed by atoms with van der Waals surface area (Å²) in [5.41, 5.74) is 6.67. The van der Waals surface area contributed by atoms with E-state index >= 15 is 0 Å². The molecule has 122 valence electrons. The summed E-state index contributed by atoms with van der Waals surface area (Å²) >= 11 is 0. The van der Waals surface area contributed by atoms with Crippen LogP contribution in [0, 0.1) is 11.3 Å². The van der Waals surface area contributed by atoms with Gasteiger partial charge in [0.2, 0.25) is 0 Å². The zero-order chi connectivity index (χ0) is 17.7. The van der Waals surface area contributed by atoms with Crippen LogP contribution in [0.2, 0.25) is 0 Å². The molecule has 2 rings (SSSR count). The normalized spacial score (nSPS) is 9.71. The van der Waals surface area contributed by atoms with E-state index in [0.29, 0.717) is 11.3 Å². The van der Waals surface area contributed by atoms with E-state index in [0.717, 1.165) is 0 Å². The highest BCUT2D eigenvalue weighted by molar-refractivity contribution is 5.93. The minimum Gasteiger partial charge on any atom is -0.465 e. The summed E-state index contributed by atoms with van der Waals surface area (Å²) in [6, 6.07) is 9.68. The molecule has 0 unspecified atom stereocenters. The molecule has 0 radical (unpaired) electrons. The predicted molar refractivity (Wildman–Crippen MR) is 85.8 cm³/mol. The zero-order valence-corrected chi connectivity index (χ0v) is 13.0. The van der Waals surface area contributed by atoms with Gasteiger partial charge in [0.05, 0.1) is 25.5 Å². The molecule has 3 N–H and O–H groups in total. The lowest BCUT2D eigenvalue weighted by molar-refractivity contribution is 0.0588. The third-order valence-corrected chi connectivity index (χ3v) is 3.12. The number of hydrogen-bond acceptors (Lipinski definition) is 8. The Kier molecular flexibility index (Phi) is 4.96. The highest BCUT2D eigenvalue weighted by Gasteiger charge is 2.18. The van der Waals surface area contributed by atoms with Crippen molar-refractivity contribution in [1.82, 2.24) is 4.98 Å². The van der Waals surface area contributed by atoms with Gasteiger partial charge in [0.15, 0.2) is 5.69 Å². The van der Waals surface area contributed by atoms with Crippen molar-refractivity contribution in [2.24, 2.45) is 0 Å². The molecule has 0 bridgehead atoms. The predicted octanol–water partition coefficient (Wildman–Crippen LogP) is 1.85. The smallest absolute Gasteiger partial charge is 0.358 e. The first kappa shape index (κ1) is 16.8. The maximum absolute atomic E-state index is 11.7. The van der Waals surface area contributed by atoms with Gasteiger partial charge in [-0.1, -0.05) is 0 Å². The summed E-state index contributed by atoms with van der Waals surface area (Å²) in [6.45, 7) is 0. The molecule has 1 aromatic heterocycles. The fourth-order valence-electron chi connectivity index (χ4n) is 1.95. The number of carbonyl (C=O) groups is 2. The van der Waals surface area contributed by atoms with Crippen LogP contribution in [0.4, 0.5) is 17.2 Å². The maximum Gasteiger partial charge on any atom is 0.358 e. The Morgan fingerprint density at radius 2 is 1.79 bits per heavy atom. The molecule has 0 saturated heterocycles. The number of hydrogen-bond donors (Lipinski definition) is 2. The average molecular weight is 326 g/mol. The Balaban J connectivity index is 2.33. The van der Waals surface area contributed by atoms with Gasteiger partial charge in [0.1, 0.15) is 17.5 Å². The number of nitrogen functional groups attached to an aromatic ring is 1. The van der Waals surface area contributed by atoms with Crippen molar-refractivity contribution in [3.63, 3.8) is 0 Å². The molecule has 0 aliphatic rings. The van der Waals surface area contributed by atoms with E-state index in [1.807, 2.05) is 6.07 Å². The van der Waals surface area contributed by atoms with Crippen molar-refractivity contribution >= 4 is 29.1 Å². The molecule has 2 aromatic rings. The number of nitrogens with one attached hydrogen (secondary N) is 1. The summed E-state index contributed by atoms with van der Waals surface area (Å²) in [5.74, 6) is -0.948. The van der Waals surface area contributed by atoms with Gasteiger partial charge in [-0.3, -0.25) is 0 Å². The number of carbonyl (C=O) groups excluding carboxylic acids is 2. The number of rotatable bonds is 4. The lowest BCUT2D eigenvalue weighted by Crippen LogP contribution is -2.11. The van der Waals surface area contributed by atoms with Gasteiger partial charge >= 0.3 is 11.9 Å².